The summed E-state index contributed by atoms with van der Waals surface area (Å²) in [7, 11) is 0. The van der Waals surface area contributed by atoms with Gasteiger partial charge < -0.3 is 89.9 Å². The number of hydrogen-bond acceptors (Lipinski definition) is 18. The van der Waals surface area contributed by atoms with Gasteiger partial charge in [0.15, 0.2) is 18.9 Å². The normalized spacial score (nSPS) is 28.9. The molecular weight excluding hydrogens is 1090 g/mol. The topological polar surface area (TPSA) is 307 Å². The minimum absolute atomic E-state index is 0.236. The van der Waals surface area contributed by atoms with Crippen LogP contribution in [-0.4, -0.2) is 193 Å². The molecule has 0 radical (unpaired) electrons. The largest absolute Gasteiger partial charge is 0.394 e. The summed E-state index contributed by atoms with van der Waals surface area (Å²) >= 11 is 0. The zero-order valence-electron chi connectivity index (χ0n) is 53.1. The molecule has 3 aliphatic rings. The van der Waals surface area contributed by atoms with Gasteiger partial charge in [0.05, 0.1) is 38.6 Å². The Balaban J connectivity index is 1.43. The molecule has 3 aliphatic heterocycles. The SMILES string of the molecule is CCCCCCCCCCCCCCCCCCCCCCCCC(O)C(COC1OC(CO)C(OC2OC(CO)C(OC3OC(CO)C(O)C(O)C3O)C(O)C2O)C(O)C1O)NC(=O)CCCCCCCCCCCCCCCCCCCC. The third-order valence-corrected chi connectivity index (χ3v) is 17.9. The lowest BCUT2D eigenvalue weighted by Gasteiger charge is -2.48. The van der Waals surface area contributed by atoms with Gasteiger partial charge in [-0.05, 0) is 12.8 Å². The second kappa shape index (κ2) is 49.5. The van der Waals surface area contributed by atoms with Crippen molar-refractivity contribution in [3.63, 3.8) is 0 Å². The number of carbonyl (C=O) groups excluding carboxylic acids is 1. The second-order valence-electron chi connectivity index (χ2n) is 25.4. The summed E-state index contributed by atoms with van der Waals surface area (Å²) in [5.41, 5.74) is 0. The minimum Gasteiger partial charge on any atom is -0.394 e. The number of rotatable bonds is 54. The fourth-order valence-corrected chi connectivity index (χ4v) is 12.3. The lowest BCUT2D eigenvalue weighted by molar-refractivity contribution is -0.379. The van der Waals surface area contributed by atoms with Crippen LogP contribution < -0.4 is 5.32 Å². The van der Waals surface area contributed by atoms with E-state index in [-0.39, 0.29) is 18.9 Å². The van der Waals surface area contributed by atoms with Gasteiger partial charge in [0, 0.05) is 6.42 Å². The van der Waals surface area contributed by atoms with Crippen LogP contribution in [0.15, 0.2) is 0 Å². The Morgan fingerprint density at radius 1 is 0.376 bits per heavy atom. The first kappa shape index (κ1) is 78.0. The average Bonchev–Trinajstić information content (AvgIpc) is 3.10. The van der Waals surface area contributed by atoms with Gasteiger partial charge in [-0.25, -0.2) is 0 Å². The van der Waals surface area contributed by atoms with Crippen LogP contribution in [0.25, 0.3) is 0 Å². The van der Waals surface area contributed by atoms with E-state index >= 15 is 0 Å². The van der Waals surface area contributed by atoms with Crippen molar-refractivity contribution in [3.05, 3.63) is 0 Å². The number of ether oxygens (including phenoxy) is 6. The molecule has 19 heteroatoms. The van der Waals surface area contributed by atoms with Crippen molar-refractivity contribution in [2.24, 2.45) is 0 Å². The van der Waals surface area contributed by atoms with Crippen LogP contribution in [0.2, 0.25) is 0 Å². The van der Waals surface area contributed by atoms with E-state index in [1.54, 1.807) is 0 Å². The van der Waals surface area contributed by atoms with Gasteiger partial charge in [-0.3, -0.25) is 4.79 Å². The van der Waals surface area contributed by atoms with Gasteiger partial charge in [-0.1, -0.05) is 264 Å². The molecule has 0 saturated carbocycles. The Morgan fingerprint density at radius 2 is 0.671 bits per heavy atom. The Hall–Kier alpha value is -1.21. The molecule has 17 unspecified atom stereocenters. The van der Waals surface area contributed by atoms with E-state index in [2.05, 4.69) is 19.2 Å². The molecule has 17 atom stereocenters. The molecule has 3 heterocycles. The van der Waals surface area contributed by atoms with E-state index in [4.69, 9.17) is 28.4 Å². The number of aliphatic hydroxyl groups is 11. The average molecular weight is 1220 g/mol. The van der Waals surface area contributed by atoms with Crippen LogP contribution in [0.1, 0.15) is 284 Å². The molecule has 3 saturated heterocycles. The van der Waals surface area contributed by atoms with Crippen molar-refractivity contribution >= 4 is 5.91 Å². The molecule has 3 rings (SSSR count). The van der Waals surface area contributed by atoms with Gasteiger partial charge in [0.25, 0.3) is 0 Å². The zero-order valence-corrected chi connectivity index (χ0v) is 53.1. The summed E-state index contributed by atoms with van der Waals surface area (Å²) < 4.78 is 34.4. The Bertz CT molecular complexity index is 1550. The lowest BCUT2D eigenvalue weighted by atomic mass is 9.96. The monoisotopic (exact) mass is 1220 g/mol. The third kappa shape index (κ3) is 32.1. The van der Waals surface area contributed by atoms with Gasteiger partial charge in [0.2, 0.25) is 5.91 Å². The van der Waals surface area contributed by atoms with Crippen molar-refractivity contribution in [3.8, 4) is 0 Å². The van der Waals surface area contributed by atoms with E-state index in [0.717, 1.165) is 44.9 Å². The van der Waals surface area contributed by atoms with Crippen molar-refractivity contribution in [1.29, 1.82) is 0 Å². The number of unbranched alkanes of at least 4 members (excludes halogenated alkanes) is 38. The highest BCUT2D eigenvalue weighted by Gasteiger charge is 2.53. The van der Waals surface area contributed by atoms with Crippen molar-refractivity contribution in [2.45, 2.75) is 388 Å². The molecule has 0 aromatic carbocycles. The molecule has 0 aromatic heterocycles. The van der Waals surface area contributed by atoms with E-state index < -0.39 is 124 Å². The highest BCUT2D eigenvalue weighted by Crippen LogP contribution is 2.33. The molecule has 3 fully saturated rings. The quantitative estimate of drug-likeness (QED) is 0.0253. The van der Waals surface area contributed by atoms with Crippen molar-refractivity contribution in [2.75, 3.05) is 26.4 Å². The fraction of sp³-hybridized carbons (Fsp3) is 0.985. The number of hydrogen-bond donors (Lipinski definition) is 12. The molecule has 85 heavy (non-hydrogen) atoms. The predicted octanol–water partition coefficient (Wildman–Crippen LogP) is 8.72. The second-order valence-corrected chi connectivity index (χ2v) is 25.4. The Morgan fingerprint density at radius 3 is 1.02 bits per heavy atom. The highest BCUT2D eigenvalue weighted by molar-refractivity contribution is 5.76. The molecular formula is C66H127NO18. The summed E-state index contributed by atoms with van der Waals surface area (Å²) in [4.78, 5) is 13.4. The van der Waals surface area contributed by atoms with Crippen LogP contribution in [0.4, 0.5) is 0 Å². The van der Waals surface area contributed by atoms with Crippen molar-refractivity contribution in [1.82, 2.24) is 5.32 Å². The van der Waals surface area contributed by atoms with Crippen LogP contribution in [0, 0.1) is 0 Å². The molecule has 0 aromatic rings. The number of aliphatic hydroxyl groups excluding tert-OH is 11. The van der Waals surface area contributed by atoms with Crippen LogP contribution in [0.3, 0.4) is 0 Å². The number of carbonyl (C=O) groups is 1. The Kier molecular flexibility index (Phi) is 45.4. The number of amides is 1. The first-order chi connectivity index (χ1) is 41.3. The fourth-order valence-electron chi connectivity index (χ4n) is 12.3. The molecule has 0 bridgehead atoms. The summed E-state index contributed by atoms with van der Waals surface area (Å²) in [6.07, 6.45) is 24.6. The first-order valence-electron chi connectivity index (χ1n) is 34.8. The zero-order chi connectivity index (χ0) is 61.9. The van der Waals surface area contributed by atoms with E-state index in [1.807, 2.05) is 0 Å². The maximum absolute atomic E-state index is 13.4. The molecule has 0 aliphatic carbocycles. The standard InChI is InChI=1S/C66H127NO18/c1-3-5-7-9-11-13-15-17-19-21-23-24-25-26-27-29-31-33-35-37-39-41-43-50(71)49(67-54(72)44-42-40-38-36-34-32-30-28-22-20-18-16-14-12-10-8-6-4-2)48-80-64-60(78)57(75)62(52(46-69)82-64)85-66-61(79)58(76)63(53(47-70)83-66)84-65-59(77)56(74)55(73)51(45-68)81-65/h49-53,55-66,68-71,73-79H,3-48H2,1-2H3,(H,67,72). The molecule has 1 amide bonds. The van der Waals surface area contributed by atoms with Gasteiger partial charge in [0.1, 0.15) is 73.2 Å². The lowest BCUT2D eigenvalue weighted by Crippen LogP contribution is -2.66. The van der Waals surface area contributed by atoms with E-state index in [9.17, 15) is 61.0 Å². The highest BCUT2D eigenvalue weighted by atomic mass is 16.8. The van der Waals surface area contributed by atoms with E-state index in [0.29, 0.717) is 12.8 Å². The summed E-state index contributed by atoms with van der Waals surface area (Å²) in [6.45, 7) is 1.84. The van der Waals surface area contributed by atoms with E-state index in [1.165, 1.54) is 205 Å². The summed E-state index contributed by atoms with van der Waals surface area (Å²) in [5, 5.41) is 121. The van der Waals surface area contributed by atoms with Crippen LogP contribution in [-0.2, 0) is 33.2 Å². The predicted molar refractivity (Wildman–Crippen MR) is 328 cm³/mol. The molecule has 12 N–H and O–H groups in total. The minimum atomic E-state index is -1.97. The molecule has 0 spiro atoms. The maximum Gasteiger partial charge on any atom is 0.220 e. The number of nitrogens with one attached hydrogen (secondary N) is 1. The van der Waals surface area contributed by atoms with Gasteiger partial charge >= 0.3 is 0 Å². The van der Waals surface area contributed by atoms with Crippen LogP contribution in [0.5, 0.6) is 0 Å². The maximum atomic E-state index is 13.4. The van der Waals surface area contributed by atoms with Crippen LogP contribution >= 0.6 is 0 Å². The van der Waals surface area contributed by atoms with Gasteiger partial charge in [-0.2, -0.15) is 0 Å². The Labute approximate surface area is 513 Å². The van der Waals surface area contributed by atoms with Gasteiger partial charge in [-0.15, -0.1) is 0 Å². The molecule has 19 nitrogen and oxygen atoms in total. The summed E-state index contributed by atoms with van der Waals surface area (Å²) in [5.74, 6) is -0.236. The molecule has 504 valence electrons. The first-order valence-corrected chi connectivity index (χ1v) is 34.8. The smallest absolute Gasteiger partial charge is 0.220 e. The van der Waals surface area contributed by atoms with Crippen molar-refractivity contribution < 1.29 is 89.4 Å². The summed E-state index contributed by atoms with van der Waals surface area (Å²) in [6, 6.07) is -0.881. The third-order valence-electron chi connectivity index (χ3n) is 17.9.